The fraction of sp³-hybridized carbons (Fsp3) is 0.250. The molecule has 1 aliphatic rings. The third kappa shape index (κ3) is 2.04. The quantitative estimate of drug-likeness (QED) is 0.744. The highest BCUT2D eigenvalue weighted by Gasteiger charge is 2.12. The number of carbonyl (C=O) groups excluding carboxylic acids is 1. The highest BCUT2D eigenvalue weighted by atomic mass is 16.2. The van der Waals surface area contributed by atoms with Crippen molar-refractivity contribution in [2.24, 2.45) is 0 Å². The van der Waals surface area contributed by atoms with Crippen molar-refractivity contribution in [2.75, 3.05) is 17.2 Å². The number of amides is 1. The molecule has 6 nitrogen and oxygen atoms in total. The first-order chi connectivity index (χ1) is 8.83. The van der Waals surface area contributed by atoms with Gasteiger partial charge in [-0.3, -0.25) is 9.89 Å². The number of fused-ring (bicyclic) bond motifs is 1. The molecule has 3 N–H and O–H groups in total. The van der Waals surface area contributed by atoms with Crippen LogP contribution >= 0.6 is 0 Å². The number of carbonyl (C=O) groups is 1. The van der Waals surface area contributed by atoms with Crippen LogP contribution in [-0.2, 0) is 6.42 Å². The van der Waals surface area contributed by atoms with Crippen molar-refractivity contribution >= 4 is 17.3 Å². The molecule has 1 aliphatic heterocycles. The van der Waals surface area contributed by atoms with Crippen LogP contribution in [0.4, 0.5) is 11.4 Å². The first kappa shape index (κ1) is 10.8. The Morgan fingerprint density at radius 2 is 2.33 bits per heavy atom. The fourth-order valence-electron chi connectivity index (χ4n) is 2.06. The lowest BCUT2D eigenvalue weighted by atomic mass is 10.0. The minimum Gasteiger partial charge on any atom is -0.385 e. The Bertz CT molecular complexity index is 564. The Hall–Kier alpha value is -2.37. The predicted molar refractivity (Wildman–Crippen MR) is 67.6 cm³/mol. The zero-order chi connectivity index (χ0) is 12.4. The Balaban J connectivity index is 1.79. The van der Waals surface area contributed by atoms with Crippen LogP contribution in [0, 0.1) is 0 Å². The Morgan fingerprint density at radius 3 is 3.17 bits per heavy atom. The molecule has 1 aromatic carbocycles. The van der Waals surface area contributed by atoms with Gasteiger partial charge < -0.3 is 10.6 Å². The largest absolute Gasteiger partial charge is 0.385 e. The maximum atomic E-state index is 11.8. The Labute approximate surface area is 104 Å². The van der Waals surface area contributed by atoms with Crippen LogP contribution in [0.2, 0.25) is 0 Å². The standard InChI is InChI=1S/C12H13N5O/c18-12(11-14-7-15-17-11)16-9-3-4-10-8(6-9)2-1-5-13-10/h3-4,6-7,13H,1-2,5H2,(H,16,18)(H,14,15,17). The zero-order valence-corrected chi connectivity index (χ0v) is 9.73. The second-order valence-electron chi connectivity index (χ2n) is 4.19. The summed E-state index contributed by atoms with van der Waals surface area (Å²) in [4.78, 5) is 15.6. The molecule has 0 bridgehead atoms. The lowest BCUT2D eigenvalue weighted by molar-refractivity contribution is 0.101. The second-order valence-corrected chi connectivity index (χ2v) is 4.19. The van der Waals surface area contributed by atoms with Gasteiger partial charge in [0.2, 0.25) is 5.82 Å². The van der Waals surface area contributed by atoms with Crippen LogP contribution in [0.1, 0.15) is 22.6 Å². The van der Waals surface area contributed by atoms with E-state index in [1.165, 1.54) is 11.9 Å². The van der Waals surface area contributed by atoms with Crippen molar-refractivity contribution in [2.45, 2.75) is 12.8 Å². The van der Waals surface area contributed by atoms with Crippen LogP contribution < -0.4 is 10.6 Å². The SMILES string of the molecule is O=C(Nc1ccc2c(c1)CCCN2)c1ncn[nH]1. The average Bonchev–Trinajstić information content (AvgIpc) is 2.92. The van der Waals surface area contributed by atoms with E-state index < -0.39 is 0 Å². The van der Waals surface area contributed by atoms with Crippen LogP contribution in [-0.4, -0.2) is 27.6 Å². The van der Waals surface area contributed by atoms with Gasteiger partial charge in [-0.05, 0) is 36.6 Å². The number of hydrogen-bond acceptors (Lipinski definition) is 4. The van der Waals surface area contributed by atoms with Gasteiger partial charge in [0.15, 0.2) is 0 Å². The molecular formula is C12H13N5O. The number of aromatic amines is 1. The third-order valence-electron chi connectivity index (χ3n) is 2.93. The Morgan fingerprint density at radius 1 is 1.39 bits per heavy atom. The Kier molecular flexibility index (Phi) is 2.68. The number of aromatic nitrogens is 3. The van der Waals surface area contributed by atoms with E-state index in [0.717, 1.165) is 30.8 Å². The molecule has 0 radical (unpaired) electrons. The molecule has 0 spiro atoms. The molecule has 0 aliphatic carbocycles. The summed E-state index contributed by atoms with van der Waals surface area (Å²) in [5.74, 6) is -0.0675. The van der Waals surface area contributed by atoms with E-state index in [9.17, 15) is 4.79 Å². The highest BCUT2D eigenvalue weighted by molar-refractivity contribution is 6.01. The van der Waals surface area contributed by atoms with Crippen molar-refractivity contribution in [1.82, 2.24) is 15.2 Å². The summed E-state index contributed by atoms with van der Waals surface area (Å²) >= 11 is 0. The number of nitrogens with one attached hydrogen (secondary N) is 3. The number of anilines is 2. The fourth-order valence-corrected chi connectivity index (χ4v) is 2.06. The lowest BCUT2D eigenvalue weighted by Gasteiger charge is -2.18. The van der Waals surface area contributed by atoms with Gasteiger partial charge in [-0.25, -0.2) is 4.98 Å². The maximum absolute atomic E-state index is 11.8. The molecule has 0 fully saturated rings. The van der Waals surface area contributed by atoms with E-state index in [0.29, 0.717) is 0 Å². The van der Waals surface area contributed by atoms with E-state index in [4.69, 9.17) is 0 Å². The zero-order valence-electron chi connectivity index (χ0n) is 9.73. The molecule has 0 saturated heterocycles. The van der Waals surface area contributed by atoms with Gasteiger partial charge in [0.25, 0.3) is 5.91 Å². The summed E-state index contributed by atoms with van der Waals surface area (Å²) in [5.41, 5.74) is 3.16. The molecule has 1 aromatic heterocycles. The van der Waals surface area contributed by atoms with Crippen molar-refractivity contribution in [3.05, 3.63) is 35.9 Å². The first-order valence-corrected chi connectivity index (χ1v) is 5.86. The number of H-pyrrole nitrogens is 1. The van der Waals surface area contributed by atoms with Gasteiger partial charge >= 0.3 is 0 Å². The van der Waals surface area contributed by atoms with Gasteiger partial charge in [-0.1, -0.05) is 0 Å². The number of rotatable bonds is 2. The van der Waals surface area contributed by atoms with Crippen molar-refractivity contribution in [3.63, 3.8) is 0 Å². The highest BCUT2D eigenvalue weighted by Crippen LogP contribution is 2.25. The number of benzene rings is 1. The minimum absolute atomic E-state index is 0.214. The molecule has 0 saturated carbocycles. The number of nitrogens with zero attached hydrogens (tertiary/aromatic N) is 2. The van der Waals surface area contributed by atoms with Crippen LogP contribution in [0.3, 0.4) is 0 Å². The van der Waals surface area contributed by atoms with Crippen LogP contribution in [0.5, 0.6) is 0 Å². The maximum Gasteiger partial charge on any atom is 0.292 e. The molecule has 0 unspecified atom stereocenters. The predicted octanol–water partition coefficient (Wildman–Crippen LogP) is 1.42. The lowest BCUT2D eigenvalue weighted by Crippen LogP contribution is -2.15. The van der Waals surface area contributed by atoms with Crippen molar-refractivity contribution in [1.29, 1.82) is 0 Å². The average molecular weight is 243 g/mol. The number of hydrogen-bond donors (Lipinski definition) is 3. The van der Waals surface area contributed by atoms with Crippen LogP contribution in [0.15, 0.2) is 24.5 Å². The third-order valence-corrected chi connectivity index (χ3v) is 2.93. The van der Waals surface area contributed by atoms with Gasteiger partial charge in [0, 0.05) is 17.9 Å². The molecule has 3 rings (SSSR count). The van der Waals surface area contributed by atoms with Gasteiger partial charge in [-0.2, -0.15) is 5.10 Å². The molecule has 18 heavy (non-hydrogen) atoms. The van der Waals surface area contributed by atoms with E-state index in [1.54, 1.807) is 0 Å². The first-order valence-electron chi connectivity index (χ1n) is 5.86. The normalized spacial score (nSPS) is 13.6. The van der Waals surface area contributed by atoms with E-state index in [2.05, 4.69) is 25.8 Å². The van der Waals surface area contributed by atoms with Crippen molar-refractivity contribution in [3.8, 4) is 0 Å². The minimum atomic E-state index is -0.281. The monoisotopic (exact) mass is 243 g/mol. The molecule has 92 valence electrons. The van der Waals surface area contributed by atoms with Gasteiger partial charge in [0.1, 0.15) is 6.33 Å². The topological polar surface area (TPSA) is 82.7 Å². The summed E-state index contributed by atoms with van der Waals surface area (Å²) in [7, 11) is 0. The number of aryl methyl sites for hydroxylation is 1. The summed E-state index contributed by atoms with van der Waals surface area (Å²) in [6.45, 7) is 1.01. The van der Waals surface area contributed by atoms with Crippen LogP contribution in [0.25, 0.3) is 0 Å². The summed E-state index contributed by atoms with van der Waals surface area (Å²) in [6.07, 6.45) is 3.46. The summed E-state index contributed by atoms with van der Waals surface area (Å²) in [5, 5.41) is 12.3. The smallest absolute Gasteiger partial charge is 0.292 e. The van der Waals surface area contributed by atoms with E-state index in [-0.39, 0.29) is 11.7 Å². The van der Waals surface area contributed by atoms with E-state index in [1.807, 2.05) is 18.2 Å². The molecule has 1 amide bonds. The van der Waals surface area contributed by atoms with E-state index >= 15 is 0 Å². The second kappa shape index (κ2) is 4.48. The molecule has 0 atom stereocenters. The van der Waals surface area contributed by atoms with Gasteiger partial charge in [-0.15, -0.1) is 0 Å². The summed E-state index contributed by atoms with van der Waals surface area (Å²) in [6, 6.07) is 5.87. The van der Waals surface area contributed by atoms with Gasteiger partial charge in [0.05, 0.1) is 0 Å². The molecular weight excluding hydrogens is 230 g/mol. The van der Waals surface area contributed by atoms with Crippen molar-refractivity contribution < 1.29 is 4.79 Å². The molecule has 2 heterocycles. The summed E-state index contributed by atoms with van der Waals surface area (Å²) < 4.78 is 0. The molecule has 6 heteroatoms. The molecule has 2 aromatic rings.